The molecule has 1 aromatic carbocycles. The minimum absolute atomic E-state index is 0.00348. The van der Waals surface area contributed by atoms with Crippen molar-refractivity contribution in [3.63, 3.8) is 0 Å². The van der Waals surface area contributed by atoms with E-state index in [2.05, 4.69) is 58.7 Å². The zero-order chi connectivity index (χ0) is 29.2. The zero-order valence-electron chi connectivity index (χ0n) is 23.5. The Morgan fingerprint density at radius 2 is 1.82 bits per heavy atom. The highest BCUT2D eigenvalue weighted by Crippen LogP contribution is 2.35. The molecule has 0 radical (unpaired) electrons. The summed E-state index contributed by atoms with van der Waals surface area (Å²) in [5.74, 6) is 0.0990. The molecule has 1 aliphatic heterocycles. The molecule has 214 valence electrons. The first-order valence-electron chi connectivity index (χ1n) is 12.4. The lowest BCUT2D eigenvalue weighted by atomic mass is 10.2. The van der Waals surface area contributed by atoms with E-state index < -0.39 is 16.6 Å². The van der Waals surface area contributed by atoms with Crippen LogP contribution in [-0.4, -0.2) is 70.7 Å². The van der Waals surface area contributed by atoms with Gasteiger partial charge in [0.2, 0.25) is 0 Å². The van der Waals surface area contributed by atoms with Crippen molar-refractivity contribution in [2.45, 2.75) is 64.1 Å². The molecule has 3 atom stereocenters. The molecule has 3 heterocycles. The van der Waals surface area contributed by atoms with Crippen LogP contribution in [0.4, 0.5) is 5.82 Å². The Morgan fingerprint density at radius 1 is 1.18 bits per heavy atom. The smallest absolute Gasteiger partial charge is 0.420 e. The third-order valence-electron chi connectivity index (χ3n) is 6.70. The molecule has 1 saturated heterocycles. The highest BCUT2D eigenvalue weighted by Gasteiger charge is 2.35. The fourth-order valence-electron chi connectivity index (χ4n) is 3.26. The Hall–Kier alpha value is -2.64. The van der Waals surface area contributed by atoms with Crippen LogP contribution < -0.4 is 5.32 Å². The molecule has 0 saturated carbocycles. The van der Waals surface area contributed by atoms with Crippen molar-refractivity contribution in [3.8, 4) is 0 Å². The molecule has 39 heavy (non-hydrogen) atoms. The van der Waals surface area contributed by atoms with E-state index in [-0.39, 0.29) is 24.8 Å². The maximum atomic E-state index is 12.3. The van der Waals surface area contributed by atoms with Crippen molar-refractivity contribution in [2.24, 2.45) is 0 Å². The molecule has 4 rings (SSSR count). The minimum atomic E-state index is -2.35. The number of hydrogen-bond acceptors (Lipinski definition) is 9. The van der Waals surface area contributed by atoms with Gasteiger partial charge < -0.3 is 19.6 Å². The van der Waals surface area contributed by atoms with Crippen LogP contribution in [0.5, 0.6) is 0 Å². The first-order chi connectivity index (χ1) is 18.3. The van der Waals surface area contributed by atoms with Crippen molar-refractivity contribution in [2.75, 3.05) is 26.1 Å². The quantitative estimate of drug-likeness (QED) is 0.276. The van der Waals surface area contributed by atoms with Gasteiger partial charge in [-0.3, -0.25) is 9.36 Å². The van der Waals surface area contributed by atoms with Gasteiger partial charge >= 0.3 is 8.25 Å². The van der Waals surface area contributed by atoms with Crippen LogP contribution in [0, 0.1) is 0 Å². The van der Waals surface area contributed by atoms with Gasteiger partial charge in [0, 0.05) is 17.2 Å². The number of imidazole rings is 1. The van der Waals surface area contributed by atoms with Gasteiger partial charge in [-0.2, -0.15) is 0 Å². The zero-order valence-corrected chi connectivity index (χ0v) is 25.4. The summed E-state index contributed by atoms with van der Waals surface area (Å²) in [5.41, 5.74) is 1.63. The summed E-state index contributed by atoms with van der Waals surface area (Å²) in [6, 6.07) is 8.91. The van der Waals surface area contributed by atoms with Gasteiger partial charge in [-0.15, -0.1) is 9.42 Å². The molecule has 3 N–H and O–H groups in total. The topological polar surface area (TPSA) is 158 Å². The van der Waals surface area contributed by atoms with Crippen LogP contribution in [0.1, 0.15) is 50.2 Å². The summed E-state index contributed by atoms with van der Waals surface area (Å²) >= 11 is 0. The van der Waals surface area contributed by atoms with Crippen LogP contribution in [0.2, 0.25) is 18.1 Å². The highest BCUT2D eigenvalue weighted by atomic mass is 31.1. The molecule has 1 amide bonds. The van der Waals surface area contributed by atoms with E-state index in [9.17, 15) is 14.5 Å². The average Bonchev–Trinajstić information content (AvgIpc) is 3.57. The lowest BCUT2D eigenvalue weighted by molar-refractivity contribution is -0.0207. The van der Waals surface area contributed by atoms with E-state index in [1.54, 1.807) is 30.6 Å². The number of fused-ring (bicyclic) bond motifs is 1. The van der Waals surface area contributed by atoms with Gasteiger partial charge in [0.25, 0.3) is 5.91 Å². The van der Waals surface area contributed by atoms with E-state index in [0.29, 0.717) is 27.6 Å². The van der Waals surface area contributed by atoms with Gasteiger partial charge in [0.05, 0.1) is 26.1 Å². The predicted molar refractivity (Wildman–Crippen MR) is 151 cm³/mol. The maximum Gasteiger partial charge on any atom is 0.694 e. The fourth-order valence-corrected chi connectivity index (χ4v) is 3.87. The summed E-state index contributed by atoms with van der Waals surface area (Å²) in [6.45, 7) is 11.2. The van der Waals surface area contributed by atoms with Gasteiger partial charge in [-0.1, -0.05) is 39.0 Å². The monoisotopic (exact) mass is 580 g/mol. The lowest BCUT2D eigenvalue weighted by Crippen LogP contribution is -2.39. The Bertz CT molecular complexity index is 1220. The van der Waals surface area contributed by atoms with E-state index in [1.165, 1.54) is 13.4 Å². The number of nitrogens with zero attached hydrogens (tertiary/aromatic N) is 4. The van der Waals surface area contributed by atoms with E-state index >= 15 is 0 Å². The molecule has 0 bridgehead atoms. The van der Waals surface area contributed by atoms with E-state index in [0.717, 1.165) is 12.8 Å². The Morgan fingerprint density at radius 3 is 2.31 bits per heavy atom. The number of amides is 1. The number of carbonyl (C=O) groups excluding carboxylic acids is 1. The number of nitrogens with one attached hydrogen (secondary N) is 1. The number of anilines is 1. The largest absolute Gasteiger partial charge is 0.694 e. The van der Waals surface area contributed by atoms with Crippen LogP contribution >= 0.6 is 8.25 Å². The summed E-state index contributed by atoms with van der Waals surface area (Å²) in [6.07, 6.45) is 4.17. The Kier molecular flexibility index (Phi) is 12.2. The molecule has 14 heteroatoms. The van der Waals surface area contributed by atoms with Crippen molar-refractivity contribution < 1.29 is 33.0 Å². The molecule has 0 spiro atoms. The van der Waals surface area contributed by atoms with E-state index in [4.69, 9.17) is 14.1 Å². The van der Waals surface area contributed by atoms with Crippen molar-refractivity contribution >= 4 is 39.5 Å². The number of hydrogen-bond donors (Lipinski definition) is 3. The van der Waals surface area contributed by atoms with Gasteiger partial charge in [-0.25, -0.2) is 15.0 Å². The third-order valence-corrected chi connectivity index (χ3v) is 11.6. The third kappa shape index (κ3) is 9.21. The molecule has 12 nitrogen and oxygen atoms in total. The Balaban J connectivity index is 0.000000318. The van der Waals surface area contributed by atoms with Crippen molar-refractivity contribution in [3.05, 3.63) is 48.5 Å². The van der Waals surface area contributed by atoms with Crippen molar-refractivity contribution in [1.82, 2.24) is 19.5 Å². The van der Waals surface area contributed by atoms with Gasteiger partial charge in [0.15, 0.2) is 25.3 Å². The average molecular weight is 581 g/mol. The first-order valence-corrected chi connectivity index (χ1v) is 16.4. The molecular formula is C25H39N5O7PSi+. The normalized spacial score (nSPS) is 17.5. The lowest BCUT2D eigenvalue weighted by Gasteiger charge is -2.34. The number of carbonyl (C=O) groups is 1. The number of benzene rings is 1. The van der Waals surface area contributed by atoms with Crippen molar-refractivity contribution in [1.29, 1.82) is 0 Å². The summed E-state index contributed by atoms with van der Waals surface area (Å²) in [7, 11) is -0.745. The molecule has 3 aromatic rings. The predicted octanol–water partition coefficient (Wildman–Crippen LogP) is 4.67. The summed E-state index contributed by atoms with van der Waals surface area (Å²) in [4.78, 5) is 32.8. The van der Waals surface area contributed by atoms with Crippen LogP contribution in [0.15, 0.2) is 43.0 Å². The van der Waals surface area contributed by atoms with Gasteiger partial charge in [-0.05, 0) is 43.1 Å². The van der Waals surface area contributed by atoms with Gasteiger partial charge in [0.1, 0.15) is 12.6 Å². The molecule has 2 aromatic heterocycles. The molecule has 1 fully saturated rings. The number of aliphatic hydroxyl groups excluding tert-OH is 1. The minimum Gasteiger partial charge on any atom is -0.420 e. The number of aliphatic hydroxyl groups is 1. The number of aromatic nitrogens is 4. The Labute approximate surface area is 230 Å². The SMILES string of the molecule is CO[P+](=O)O.CO[Si](C)(C)C(C)(C)C.O=C(Nc1ncnc2c1ncn2[C@H]1CC[C@@H](CO)O1)c1ccccc1. The first kappa shape index (κ1) is 32.6. The second kappa shape index (κ2) is 14.7. The maximum absolute atomic E-state index is 12.3. The fraction of sp³-hybridized carbons (Fsp3) is 0.520. The van der Waals surface area contributed by atoms with Crippen LogP contribution in [-0.2, 0) is 18.3 Å². The number of ether oxygens (including phenoxy) is 1. The van der Waals surface area contributed by atoms with Crippen LogP contribution in [0.3, 0.4) is 0 Å². The summed E-state index contributed by atoms with van der Waals surface area (Å²) < 4.78 is 26.1. The highest BCUT2D eigenvalue weighted by molar-refractivity contribution is 7.32. The van der Waals surface area contributed by atoms with Crippen LogP contribution in [0.25, 0.3) is 11.2 Å². The standard InChI is InChI=1S/C17H17N5O3.C7H18OSi.CH3O3P/c23-8-12-6-7-13(25-12)22-10-20-14-15(18-9-19-16(14)22)21-17(24)11-4-2-1-3-5-11;1-7(2,3)9(5,6)8-4;1-4-5(2)3/h1-5,9-10,12-13,23H,6-8H2,(H,18,19,21,24);1-6H3;1H3/p+1/t12-,13+;;/m0../s1. The van der Waals surface area contributed by atoms with E-state index in [1.807, 2.05) is 17.7 Å². The molecule has 0 aliphatic carbocycles. The molecule has 1 unspecified atom stereocenters. The summed E-state index contributed by atoms with van der Waals surface area (Å²) in [5, 5.41) is 12.4. The molecular weight excluding hydrogens is 541 g/mol. The molecule has 1 aliphatic rings. The second-order valence-electron chi connectivity index (χ2n) is 10.2. The number of rotatable bonds is 6. The second-order valence-corrected chi connectivity index (χ2v) is 16.0.